The topological polar surface area (TPSA) is 46.1 Å². The van der Waals surface area contributed by atoms with Gasteiger partial charge in [-0.1, -0.05) is 25.2 Å². The molecule has 0 saturated heterocycles. The van der Waals surface area contributed by atoms with Crippen molar-refractivity contribution in [1.29, 1.82) is 0 Å². The van der Waals surface area contributed by atoms with Gasteiger partial charge in [0.1, 0.15) is 15.8 Å². The van der Waals surface area contributed by atoms with Gasteiger partial charge in [-0.2, -0.15) is 11.8 Å². The first-order valence-corrected chi connectivity index (χ1v) is 9.32. The van der Waals surface area contributed by atoms with E-state index < -0.39 is 11.2 Å². The number of rotatable bonds is 5. The number of halogens is 1. The van der Waals surface area contributed by atoms with Crippen molar-refractivity contribution < 1.29 is 9.18 Å². The molecule has 2 aromatic heterocycles. The molecule has 0 fully saturated rings. The summed E-state index contributed by atoms with van der Waals surface area (Å²) in [5.41, 5.74) is 0.921. The molecule has 0 aliphatic rings. The molecule has 0 aromatic carbocycles. The summed E-state index contributed by atoms with van der Waals surface area (Å²) in [5, 5.41) is 1.44. The number of carbonyl (C=O) groups is 1. The number of thioether (sulfide) groups is 1. The van der Waals surface area contributed by atoms with E-state index in [0.717, 1.165) is 22.6 Å². The van der Waals surface area contributed by atoms with E-state index in [0.29, 0.717) is 10.6 Å². The van der Waals surface area contributed by atoms with Crippen molar-refractivity contribution in [2.75, 3.05) is 24.0 Å². The lowest BCUT2D eigenvalue weighted by molar-refractivity contribution is -0.125. The zero-order chi connectivity index (χ0) is 17.2. The number of thiazole rings is 1. The first-order valence-electron chi connectivity index (χ1n) is 7.11. The molecule has 23 heavy (non-hydrogen) atoms. The summed E-state index contributed by atoms with van der Waals surface area (Å²) in [4.78, 5) is 22.7. The summed E-state index contributed by atoms with van der Waals surface area (Å²) in [6, 6.07) is 1.40. The standard InChI is InChI=1S/C16H20FN3OS2/c1-10-14(20(4)15(21)16(2,3)9-22-5)23-13(19-10)11-6-12(17)8-18-7-11/h6-8H,9H2,1-5H3. The normalized spacial score (nSPS) is 11.6. The Hall–Kier alpha value is -1.47. The van der Waals surface area contributed by atoms with Gasteiger partial charge in [-0.3, -0.25) is 9.78 Å². The van der Waals surface area contributed by atoms with Crippen molar-refractivity contribution in [2.24, 2.45) is 5.41 Å². The zero-order valence-corrected chi connectivity index (χ0v) is 15.5. The fraction of sp³-hybridized carbons (Fsp3) is 0.438. The van der Waals surface area contributed by atoms with E-state index in [9.17, 15) is 9.18 Å². The second kappa shape index (κ2) is 6.97. The Kier molecular flexibility index (Phi) is 5.41. The monoisotopic (exact) mass is 353 g/mol. The van der Waals surface area contributed by atoms with E-state index in [-0.39, 0.29) is 5.91 Å². The molecule has 4 nitrogen and oxygen atoms in total. The molecule has 2 rings (SSSR count). The highest BCUT2D eigenvalue weighted by atomic mass is 32.2. The maximum Gasteiger partial charge on any atom is 0.233 e. The van der Waals surface area contributed by atoms with E-state index in [2.05, 4.69) is 9.97 Å². The first kappa shape index (κ1) is 17.9. The number of aromatic nitrogens is 2. The highest BCUT2D eigenvalue weighted by Crippen LogP contribution is 2.36. The Bertz CT molecular complexity index is 715. The molecular formula is C16H20FN3OS2. The Morgan fingerprint density at radius 1 is 1.43 bits per heavy atom. The SMILES string of the molecule is CSCC(C)(C)C(=O)N(C)c1sc(-c2cncc(F)c2)nc1C. The van der Waals surface area contributed by atoms with Crippen molar-refractivity contribution in [3.63, 3.8) is 0 Å². The quantitative estimate of drug-likeness (QED) is 0.815. The molecule has 0 saturated carbocycles. The summed E-state index contributed by atoms with van der Waals surface area (Å²) >= 11 is 3.02. The molecule has 0 radical (unpaired) electrons. The Morgan fingerprint density at radius 3 is 2.74 bits per heavy atom. The van der Waals surface area contributed by atoms with E-state index in [1.165, 1.54) is 17.4 Å². The van der Waals surface area contributed by atoms with Crippen LogP contribution in [-0.4, -0.2) is 34.9 Å². The van der Waals surface area contributed by atoms with E-state index in [4.69, 9.17) is 0 Å². The second-order valence-electron chi connectivity index (χ2n) is 5.98. The zero-order valence-electron chi connectivity index (χ0n) is 13.9. The van der Waals surface area contributed by atoms with Crippen LogP contribution in [0.4, 0.5) is 9.39 Å². The van der Waals surface area contributed by atoms with Crippen molar-refractivity contribution in [2.45, 2.75) is 20.8 Å². The smallest absolute Gasteiger partial charge is 0.233 e. The van der Waals surface area contributed by atoms with Gasteiger partial charge in [0.15, 0.2) is 0 Å². The van der Waals surface area contributed by atoms with Gasteiger partial charge < -0.3 is 4.90 Å². The number of anilines is 1. The third kappa shape index (κ3) is 3.90. The largest absolute Gasteiger partial charge is 0.305 e. The minimum atomic E-state index is -0.453. The number of hydrogen-bond donors (Lipinski definition) is 0. The van der Waals surface area contributed by atoms with Gasteiger partial charge in [0.05, 0.1) is 17.3 Å². The Labute approximate surface area is 144 Å². The van der Waals surface area contributed by atoms with Crippen LogP contribution >= 0.6 is 23.1 Å². The van der Waals surface area contributed by atoms with Gasteiger partial charge >= 0.3 is 0 Å². The molecule has 0 unspecified atom stereocenters. The summed E-state index contributed by atoms with van der Waals surface area (Å²) in [5.74, 6) is 0.388. The summed E-state index contributed by atoms with van der Waals surface area (Å²) < 4.78 is 13.3. The molecule has 1 amide bonds. The molecule has 0 atom stereocenters. The van der Waals surface area contributed by atoms with Gasteiger partial charge in [-0.25, -0.2) is 9.37 Å². The number of carbonyl (C=O) groups excluding carboxylic acids is 1. The molecule has 0 bridgehead atoms. The summed E-state index contributed by atoms with van der Waals surface area (Å²) in [6.45, 7) is 5.74. The van der Waals surface area contributed by atoms with Crippen molar-refractivity contribution in [3.05, 3.63) is 30.0 Å². The summed E-state index contributed by atoms with van der Waals surface area (Å²) in [6.07, 6.45) is 4.72. The maximum absolute atomic E-state index is 13.3. The third-order valence-electron chi connectivity index (χ3n) is 3.42. The van der Waals surface area contributed by atoms with Crippen LogP contribution in [0.25, 0.3) is 10.6 Å². The summed E-state index contributed by atoms with van der Waals surface area (Å²) in [7, 11) is 1.76. The molecule has 124 valence electrons. The van der Waals surface area contributed by atoms with Crippen molar-refractivity contribution >= 4 is 34.0 Å². The molecule has 7 heteroatoms. The predicted molar refractivity (Wildman–Crippen MR) is 95.6 cm³/mol. The fourth-order valence-corrected chi connectivity index (χ4v) is 4.17. The molecule has 2 heterocycles. The minimum Gasteiger partial charge on any atom is -0.305 e. The average Bonchev–Trinajstić information content (AvgIpc) is 2.87. The first-order chi connectivity index (χ1) is 10.8. The lowest BCUT2D eigenvalue weighted by Gasteiger charge is -2.28. The average molecular weight is 353 g/mol. The van der Waals surface area contributed by atoms with Crippen LogP contribution < -0.4 is 4.90 Å². The molecule has 0 N–H and O–H groups in total. The van der Waals surface area contributed by atoms with Crippen molar-refractivity contribution in [1.82, 2.24) is 9.97 Å². The second-order valence-corrected chi connectivity index (χ2v) is 7.83. The minimum absolute atomic E-state index is 0.0440. The highest BCUT2D eigenvalue weighted by molar-refractivity contribution is 7.98. The molecule has 0 aliphatic heterocycles. The van der Waals surface area contributed by atoms with E-state index in [1.807, 2.05) is 27.0 Å². The van der Waals surface area contributed by atoms with Crippen LogP contribution in [0.3, 0.4) is 0 Å². The lowest BCUT2D eigenvalue weighted by atomic mass is 9.94. The van der Waals surface area contributed by atoms with Gasteiger partial charge in [-0.05, 0) is 19.2 Å². The highest BCUT2D eigenvalue weighted by Gasteiger charge is 2.32. The molecule has 0 aliphatic carbocycles. The number of hydrogen-bond acceptors (Lipinski definition) is 5. The Morgan fingerprint density at radius 2 is 2.13 bits per heavy atom. The third-order valence-corrected chi connectivity index (χ3v) is 5.71. The van der Waals surface area contributed by atoms with Crippen LogP contribution in [0.2, 0.25) is 0 Å². The number of pyridine rings is 1. The Balaban J connectivity index is 2.32. The van der Waals surface area contributed by atoms with Gasteiger partial charge in [0.2, 0.25) is 5.91 Å². The molecular weight excluding hydrogens is 333 g/mol. The predicted octanol–water partition coefficient (Wildman–Crippen LogP) is 4.00. The van der Waals surface area contributed by atoms with E-state index in [1.54, 1.807) is 29.9 Å². The van der Waals surface area contributed by atoms with Crippen LogP contribution in [0, 0.1) is 18.2 Å². The van der Waals surface area contributed by atoms with Crippen LogP contribution in [-0.2, 0) is 4.79 Å². The number of nitrogens with zero attached hydrogens (tertiary/aromatic N) is 3. The van der Waals surface area contributed by atoms with E-state index >= 15 is 0 Å². The number of amides is 1. The molecule has 2 aromatic rings. The maximum atomic E-state index is 13.3. The van der Waals surface area contributed by atoms with Gasteiger partial charge in [0.25, 0.3) is 0 Å². The van der Waals surface area contributed by atoms with Crippen LogP contribution in [0.5, 0.6) is 0 Å². The van der Waals surface area contributed by atoms with Gasteiger partial charge in [0, 0.05) is 24.6 Å². The lowest BCUT2D eigenvalue weighted by Crippen LogP contribution is -2.40. The number of aryl methyl sites for hydroxylation is 1. The van der Waals surface area contributed by atoms with Crippen LogP contribution in [0.1, 0.15) is 19.5 Å². The molecule has 0 spiro atoms. The van der Waals surface area contributed by atoms with Crippen molar-refractivity contribution in [3.8, 4) is 10.6 Å². The van der Waals surface area contributed by atoms with Gasteiger partial charge in [-0.15, -0.1) is 0 Å². The fourth-order valence-electron chi connectivity index (χ4n) is 2.32. The van der Waals surface area contributed by atoms with Crippen LogP contribution in [0.15, 0.2) is 18.5 Å².